The Labute approximate surface area is 124 Å². The second-order valence-corrected chi connectivity index (χ2v) is 4.53. The van der Waals surface area contributed by atoms with Gasteiger partial charge in [-0.3, -0.25) is 4.79 Å². The molecule has 0 bridgehead atoms. The molecular weight excluding hydrogens is 266 g/mol. The van der Waals surface area contributed by atoms with Gasteiger partial charge in [0.05, 0.1) is 6.54 Å². The highest BCUT2D eigenvalue weighted by atomic mass is 16.5. The van der Waals surface area contributed by atoms with Crippen molar-refractivity contribution in [3.8, 4) is 11.5 Å². The topological polar surface area (TPSA) is 47.6 Å². The van der Waals surface area contributed by atoms with Crippen molar-refractivity contribution >= 4 is 5.91 Å². The maximum absolute atomic E-state index is 11.9. The molecule has 0 aromatic heterocycles. The van der Waals surface area contributed by atoms with Crippen LogP contribution in [0.15, 0.2) is 60.7 Å². The minimum Gasteiger partial charge on any atom is -0.492 e. The smallest absolute Gasteiger partial charge is 0.260 e. The third kappa shape index (κ3) is 5.18. The number of carbonyl (C=O) groups excluding carboxylic acids is 1. The van der Waals surface area contributed by atoms with Gasteiger partial charge in [-0.05, 0) is 31.2 Å². The monoisotopic (exact) mass is 285 g/mol. The van der Waals surface area contributed by atoms with Gasteiger partial charge in [-0.15, -0.1) is 0 Å². The van der Waals surface area contributed by atoms with E-state index in [1.165, 1.54) is 0 Å². The summed E-state index contributed by atoms with van der Waals surface area (Å²) in [7, 11) is 0. The van der Waals surface area contributed by atoms with Crippen LogP contribution in [-0.4, -0.2) is 25.2 Å². The van der Waals surface area contributed by atoms with Gasteiger partial charge in [-0.1, -0.05) is 36.4 Å². The summed E-state index contributed by atoms with van der Waals surface area (Å²) >= 11 is 0. The molecule has 0 radical (unpaired) electrons. The third-order valence-electron chi connectivity index (χ3n) is 2.84. The Morgan fingerprint density at radius 1 is 1.00 bits per heavy atom. The molecule has 21 heavy (non-hydrogen) atoms. The van der Waals surface area contributed by atoms with Crippen LogP contribution < -0.4 is 14.8 Å². The molecule has 0 fully saturated rings. The second kappa shape index (κ2) is 7.94. The fourth-order valence-electron chi connectivity index (χ4n) is 1.76. The van der Waals surface area contributed by atoms with Crippen molar-refractivity contribution in [2.75, 3.05) is 13.2 Å². The molecule has 4 heteroatoms. The van der Waals surface area contributed by atoms with Crippen LogP contribution in [-0.2, 0) is 4.79 Å². The zero-order chi connectivity index (χ0) is 14.9. The number of rotatable bonds is 7. The van der Waals surface area contributed by atoms with E-state index in [1.54, 1.807) is 6.92 Å². The Hall–Kier alpha value is -2.49. The summed E-state index contributed by atoms with van der Waals surface area (Å²) in [6, 6.07) is 18.8. The molecular formula is C17H19NO3. The van der Waals surface area contributed by atoms with E-state index in [-0.39, 0.29) is 5.91 Å². The van der Waals surface area contributed by atoms with E-state index >= 15 is 0 Å². The van der Waals surface area contributed by atoms with Crippen molar-refractivity contribution in [1.82, 2.24) is 5.32 Å². The lowest BCUT2D eigenvalue weighted by Crippen LogP contribution is -2.38. The maximum Gasteiger partial charge on any atom is 0.260 e. The number of amides is 1. The van der Waals surface area contributed by atoms with Crippen LogP contribution >= 0.6 is 0 Å². The van der Waals surface area contributed by atoms with Gasteiger partial charge in [-0.2, -0.15) is 0 Å². The van der Waals surface area contributed by atoms with Crippen LogP contribution in [0.3, 0.4) is 0 Å². The van der Waals surface area contributed by atoms with E-state index in [1.807, 2.05) is 60.7 Å². The molecule has 0 spiro atoms. The molecule has 2 aromatic carbocycles. The van der Waals surface area contributed by atoms with Crippen molar-refractivity contribution in [3.63, 3.8) is 0 Å². The zero-order valence-electron chi connectivity index (χ0n) is 12.0. The number of ether oxygens (including phenoxy) is 2. The van der Waals surface area contributed by atoms with Gasteiger partial charge < -0.3 is 14.8 Å². The van der Waals surface area contributed by atoms with E-state index in [0.717, 1.165) is 5.75 Å². The van der Waals surface area contributed by atoms with Crippen LogP contribution in [0.1, 0.15) is 6.92 Å². The lowest BCUT2D eigenvalue weighted by molar-refractivity contribution is -0.127. The zero-order valence-corrected chi connectivity index (χ0v) is 12.0. The fourth-order valence-corrected chi connectivity index (χ4v) is 1.76. The van der Waals surface area contributed by atoms with Crippen molar-refractivity contribution in [2.24, 2.45) is 0 Å². The molecule has 0 unspecified atom stereocenters. The molecule has 1 amide bonds. The van der Waals surface area contributed by atoms with E-state index in [0.29, 0.717) is 18.9 Å². The average Bonchev–Trinajstić information content (AvgIpc) is 2.53. The largest absolute Gasteiger partial charge is 0.492 e. The number of para-hydroxylation sites is 2. The van der Waals surface area contributed by atoms with Crippen LogP contribution in [0.25, 0.3) is 0 Å². The Kier molecular flexibility index (Phi) is 5.64. The van der Waals surface area contributed by atoms with Crippen molar-refractivity contribution < 1.29 is 14.3 Å². The van der Waals surface area contributed by atoms with Crippen LogP contribution in [0.5, 0.6) is 11.5 Å². The Bertz CT molecular complexity index is 542. The van der Waals surface area contributed by atoms with Crippen LogP contribution in [0, 0.1) is 0 Å². The molecule has 0 saturated carbocycles. The molecule has 2 aromatic rings. The van der Waals surface area contributed by atoms with Crippen LogP contribution in [0.4, 0.5) is 0 Å². The SMILES string of the molecule is C[C@H](Oc1ccccc1)C(=O)NCCOc1ccccc1. The minimum atomic E-state index is -0.538. The predicted octanol–water partition coefficient (Wildman–Crippen LogP) is 2.65. The van der Waals surface area contributed by atoms with Gasteiger partial charge in [0, 0.05) is 0 Å². The molecule has 4 nitrogen and oxygen atoms in total. The minimum absolute atomic E-state index is 0.157. The normalized spacial score (nSPS) is 11.5. The summed E-state index contributed by atoms with van der Waals surface area (Å²) in [6.07, 6.45) is -0.538. The van der Waals surface area contributed by atoms with Gasteiger partial charge in [0.15, 0.2) is 6.10 Å². The standard InChI is InChI=1S/C17H19NO3/c1-14(21-16-10-6-3-7-11-16)17(19)18-12-13-20-15-8-4-2-5-9-15/h2-11,14H,12-13H2,1H3,(H,18,19)/t14-/m0/s1. The quantitative estimate of drug-likeness (QED) is 0.796. The van der Waals surface area contributed by atoms with Gasteiger partial charge in [0.1, 0.15) is 18.1 Å². The van der Waals surface area contributed by atoms with Crippen molar-refractivity contribution in [2.45, 2.75) is 13.0 Å². The molecule has 1 atom stereocenters. The lowest BCUT2D eigenvalue weighted by Gasteiger charge is -2.14. The molecule has 1 N–H and O–H groups in total. The van der Waals surface area contributed by atoms with Gasteiger partial charge in [0.2, 0.25) is 0 Å². The average molecular weight is 285 g/mol. The van der Waals surface area contributed by atoms with Gasteiger partial charge >= 0.3 is 0 Å². The number of carbonyl (C=O) groups is 1. The summed E-state index contributed by atoms with van der Waals surface area (Å²) in [5.74, 6) is 1.32. The molecule has 0 aliphatic heterocycles. The summed E-state index contributed by atoms with van der Waals surface area (Å²) < 4.78 is 11.0. The van der Waals surface area contributed by atoms with Gasteiger partial charge in [-0.25, -0.2) is 0 Å². The Morgan fingerprint density at radius 2 is 1.57 bits per heavy atom. The lowest BCUT2D eigenvalue weighted by atomic mass is 10.3. The Balaban J connectivity index is 1.67. The molecule has 110 valence electrons. The summed E-state index contributed by atoms with van der Waals surface area (Å²) in [5.41, 5.74) is 0. The highest BCUT2D eigenvalue weighted by Gasteiger charge is 2.13. The van der Waals surface area contributed by atoms with Crippen molar-refractivity contribution in [1.29, 1.82) is 0 Å². The first-order valence-electron chi connectivity index (χ1n) is 6.93. The number of nitrogens with one attached hydrogen (secondary N) is 1. The summed E-state index contributed by atoms with van der Waals surface area (Å²) in [5, 5.41) is 2.78. The summed E-state index contributed by atoms with van der Waals surface area (Å²) in [6.45, 7) is 2.59. The number of hydrogen-bond donors (Lipinski definition) is 1. The highest BCUT2D eigenvalue weighted by molar-refractivity contribution is 5.80. The molecule has 0 aliphatic rings. The summed E-state index contributed by atoms with van der Waals surface area (Å²) in [4.78, 5) is 11.9. The van der Waals surface area contributed by atoms with Crippen molar-refractivity contribution in [3.05, 3.63) is 60.7 Å². The Morgan fingerprint density at radius 3 is 2.19 bits per heavy atom. The first-order chi connectivity index (χ1) is 10.3. The first-order valence-corrected chi connectivity index (χ1v) is 6.93. The van der Waals surface area contributed by atoms with E-state index < -0.39 is 6.10 Å². The number of benzene rings is 2. The third-order valence-corrected chi connectivity index (χ3v) is 2.84. The van der Waals surface area contributed by atoms with E-state index in [2.05, 4.69) is 5.32 Å². The predicted molar refractivity (Wildman–Crippen MR) is 81.5 cm³/mol. The molecule has 0 aliphatic carbocycles. The van der Waals surface area contributed by atoms with E-state index in [9.17, 15) is 4.79 Å². The maximum atomic E-state index is 11.9. The molecule has 0 saturated heterocycles. The molecule has 0 heterocycles. The van der Waals surface area contributed by atoms with Crippen LogP contribution in [0.2, 0.25) is 0 Å². The second-order valence-electron chi connectivity index (χ2n) is 4.53. The highest BCUT2D eigenvalue weighted by Crippen LogP contribution is 2.10. The van der Waals surface area contributed by atoms with Gasteiger partial charge in [0.25, 0.3) is 5.91 Å². The fraction of sp³-hybridized carbons (Fsp3) is 0.235. The molecule has 2 rings (SSSR count). The number of hydrogen-bond acceptors (Lipinski definition) is 3. The first kappa shape index (κ1) is 14.9. The van der Waals surface area contributed by atoms with E-state index in [4.69, 9.17) is 9.47 Å².